The van der Waals surface area contributed by atoms with Gasteiger partial charge in [-0.3, -0.25) is 0 Å². The van der Waals surface area contributed by atoms with E-state index in [0.29, 0.717) is 6.42 Å². The summed E-state index contributed by atoms with van der Waals surface area (Å²) in [4.78, 5) is 0. The Kier molecular flexibility index (Phi) is 1.88. The van der Waals surface area contributed by atoms with Crippen molar-refractivity contribution in [3.63, 3.8) is 0 Å². The molecule has 2 aliphatic carbocycles. The lowest BCUT2D eigenvalue weighted by molar-refractivity contribution is 0.257. The Balaban J connectivity index is 2.15. The summed E-state index contributed by atoms with van der Waals surface area (Å²) in [5.41, 5.74) is 3.94. The van der Waals surface area contributed by atoms with Crippen LogP contribution >= 0.6 is 0 Å². The highest BCUT2D eigenvalue weighted by atomic mass is 19.1. The van der Waals surface area contributed by atoms with E-state index in [0.717, 1.165) is 19.3 Å². The fourth-order valence-electron chi connectivity index (χ4n) is 3.71. The zero-order chi connectivity index (χ0) is 11.4. The maximum atomic E-state index is 14.3. The molecule has 2 atom stereocenters. The largest absolute Gasteiger partial charge is 0.246 e. The van der Waals surface area contributed by atoms with Gasteiger partial charge in [0.25, 0.3) is 0 Å². The monoisotopic (exact) mass is 226 g/mol. The van der Waals surface area contributed by atoms with Crippen molar-refractivity contribution in [2.24, 2.45) is 0 Å². The average molecular weight is 226 g/mol. The van der Waals surface area contributed by atoms with Gasteiger partial charge in [-0.15, -0.1) is 0 Å². The highest BCUT2D eigenvalue weighted by Crippen LogP contribution is 2.45. The molecule has 0 spiro atoms. The van der Waals surface area contributed by atoms with Crippen LogP contribution < -0.4 is 0 Å². The summed E-state index contributed by atoms with van der Waals surface area (Å²) < 4.78 is 14.3. The number of alkyl halides is 1. The Labute approximate surface area is 100 Å². The lowest BCUT2D eigenvalue weighted by Gasteiger charge is -2.34. The summed E-state index contributed by atoms with van der Waals surface area (Å²) >= 11 is 0. The van der Waals surface area contributed by atoms with E-state index in [4.69, 9.17) is 0 Å². The molecule has 0 aromatic heterocycles. The fraction of sp³-hybridized carbons (Fsp3) is 0.375. The van der Waals surface area contributed by atoms with Gasteiger partial charge in [-0.05, 0) is 46.7 Å². The zero-order valence-corrected chi connectivity index (χ0v) is 9.75. The Hall–Kier alpha value is -1.37. The normalized spacial score (nSPS) is 26.2. The van der Waals surface area contributed by atoms with E-state index in [2.05, 4.69) is 30.3 Å². The van der Waals surface area contributed by atoms with Crippen LogP contribution in [0.1, 0.15) is 35.4 Å². The van der Waals surface area contributed by atoms with Gasteiger partial charge in [0.05, 0.1) is 0 Å². The van der Waals surface area contributed by atoms with Gasteiger partial charge < -0.3 is 0 Å². The first-order valence-electron chi connectivity index (χ1n) is 6.52. The van der Waals surface area contributed by atoms with E-state index in [9.17, 15) is 4.39 Å². The highest BCUT2D eigenvalue weighted by molar-refractivity contribution is 5.91. The van der Waals surface area contributed by atoms with E-state index in [1.54, 1.807) is 0 Å². The van der Waals surface area contributed by atoms with Crippen molar-refractivity contribution in [3.05, 3.63) is 47.0 Å². The molecule has 2 aromatic carbocycles. The SMILES string of the molecule is FC1Cc2cccc3ccc4c(c23)C1CCC4. The van der Waals surface area contributed by atoms with Gasteiger partial charge in [0.1, 0.15) is 6.17 Å². The van der Waals surface area contributed by atoms with Gasteiger partial charge in [0.15, 0.2) is 0 Å². The predicted octanol–water partition coefficient (Wildman–Crippen LogP) is 4.15. The Bertz CT molecular complexity index is 600. The molecule has 86 valence electrons. The van der Waals surface area contributed by atoms with Gasteiger partial charge in [0, 0.05) is 12.3 Å². The molecular weight excluding hydrogens is 211 g/mol. The average Bonchev–Trinajstić information content (AvgIpc) is 2.37. The van der Waals surface area contributed by atoms with Crippen molar-refractivity contribution in [3.8, 4) is 0 Å². The third kappa shape index (κ3) is 1.23. The quantitative estimate of drug-likeness (QED) is 0.633. The molecule has 17 heavy (non-hydrogen) atoms. The van der Waals surface area contributed by atoms with Gasteiger partial charge in [-0.1, -0.05) is 30.3 Å². The molecule has 0 heterocycles. The molecular formula is C16H15F. The highest BCUT2D eigenvalue weighted by Gasteiger charge is 2.34. The lowest BCUT2D eigenvalue weighted by Crippen LogP contribution is -2.26. The first kappa shape index (κ1) is 9.64. The fourth-order valence-corrected chi connectivity index (χ4v) is 3.71. The van der Waals surface area contributed by atoms with Crippen LogP contribution in [0.15, 0.2) is 30.3 Å². The number of benzene rings is 2. The summed E-state index contributed by atoms with van der Waals surface area (Å²) in [5.74, 6) is 0.164. The molecule has 0 nitrogen and oxygen atoms in total. The first-order valence-corrected chi connectivity index (χ1v) is 6.52. The van der Waals surface area contributed by atoms with Crippen LogP contribution in [0.5, 0.6) is 0 Å². The smallest absolute Gasteiger partial charge is 0.111 e. The standard InChI is InChI=1S/C16H15F/c17-14-9-12-5-1-3-10-7-8-11-4-2-6-13(14)16(11)15(10)12/h1,3,5,7-8,13-14H,2,4,6,9H2. The predicted molar refractivity (Wildman–Crippen MR) is 68.2 cm³/mol. The first-order chi connectivity index (χ1) is 8.34. The molecule has 0 N–H and O–H groups in total. The Morgan fingerprint density at radius 3 is 2.94 bits per heavy atom. The Morgan fingerprint density at radius 2 is 2.00 bits per heavy atom. The van der Waals surface area contributed by atoms with Crippen LogP contribution in [0, 0.1) is 0 Å². The van der Waals surface area contributed by atoms with Crippen molar-refractivity contribution in [2.75, 3.05) is 0 Å². The molecule has 0 bridgehead atoms. The zero-order valence-electron chi connectivity index (χ0n) is 9.75. The molecule has 1 heteroatoms. The van der Waals surface area contributed by atoms with Gasteiger partial charge in [0.2, 0.25) is 0 Å². The minimum Gasteiger partial charge on any atom is -0.246 e. The molecule has 0 saturated heterocycles. The van der Waals surface area contributed by atoms with E-state index in [1.807, 2.05) is 0 Å². The van der Waals surface area contributed by atoms with Gasteiger partial charge >= 0.3 is 0 Å². The summed E-state index contributed by atoms with van der Waals surface area (Å²) in [7, 11) is 0. The minimum absolute atomic E-state index is 0.164. The second-order valence-electron chi connectivity index (χ2n) is 5.37. The van der Waals surface area contributed by atoms with E-state index in [-0.39, 0.29) is 5.92 Å². The van der Waals surface area contributed by atoms with E-state index >= 15 is 0 Å². The summed E-state index contributed by atoms with van der Waals surface area (Å²) in [6.45, 7) is 0. The topological polar surface area (TPSA) is 0 Å². The number of halogens is 1. The van der Waals surface area contributed by atoms with Crippen LogP contribution in [-0.4, -0.2) is 6.17 Å². The van der Waals surface area contributed by atoms with Gasteiger partial charge in [-0.25, -0.2) is 4.39 Å². The van der Waals surface area contributed by atoms with Crippen molar-refractivity contribution in [2.45, 2.75) is 37.8 Å². The van der Waals surface area contributed by atoms with Crippen LogP contribution in [0.4, 0.5) is 4.39 Å². The van der Waals surface area contributed by atoms with Crippen molar-refractivity contribution in [1.29, 1.82) is 0 Å². The number of aryl methyl sites for hydroxylation is 1. The molecule has 4 rings (SSSR count). The third-order valence-electron chi connectivity index (χ3n) is 4.45. The van der Waals surface area contributed by atoms with E-state index < -0.39 is 6.17 Å². The number of hydrogen-bond acceptors (Lipinski definition) is 0. The van der Waals surface area contributed by atoms with Crippen LogP contribution in [0.25, 0.3) is 10.8 Å². The maximum Gasteiger partial charge on any atom is 0.111 e. The molecule has 0 radical (unpaired) electrons. The molecule has 0 saturated carbocycles. The molecule has 2 aromatic rings. The molecule has 0 fully saturated rings. The van der Waals surface area contributed by atoms with Crippen molar-refractivity contribution < 1.29 is 4.39 Å². The third-order valence-corrected chi connectivity index (χ3v) is 4.45. The van der Waals surface area contributed by atoms with E-state index in [1.165, 1.54) is 27.5 Å². The number of rotatable bonds is 0. The molecule has 2 unspecified atom stereocenters. The minimum atomic E-state index is -0.672. The van der Waals surface area contributed by atoms with Crippen LogP contribution in [0.2, 0.25) is 0 Å². The van der Waals surface area contributed by atoms with Crippen LogP contribution in [-0.2, 0) is 12.8 Å². The second kappa shape index (κ2) is 3.32. The Morgan fingerprint density at radius 1 is 1.06 bits per heavy atom. The molecule has 0 aliphatic heterocycles. The maximum absolute atomic E-state index is 14.3. The van der Waals surface area contributed by atoms with Crippen molar-refractivity contribution in [1.82, 2.24) is 0 Å². The lowest BCUT2D eigenvalue weighted by atomic mass is 9.72. The number of hydrogen-bond donors (Lipinski definition) is 0. The molecule has 0 amide bonds. The summed E-state index contributed by atoms with van der Waals surface area (Å²) in [6, 6.07) is 10.7. The van der Waals surface area contributed by atoms with Crippen molar-refractivity contribution >= 4 is 10.8 Å². The van der Waals surface area contributed by atoms with Crippen LogP contribution in [0.3, 0.4) is 0 Å². The summed E-state index contributed by atoms with van der Waals surface area (Å²) in [5, 5.41) is 2.66. The molecule has 2 aliphatic rings. The van der Waals surface area contributed by atoms with Gasteiger partial charge in [-0.2, -0.15) is 0 Å². The second-order valence-corrected chi connectivity index (χ2v) is 5.37. The summed E-state index contributed by atoms with van der Waals surface area (Å²) in [6.07, 6.45) is 3.24.